The van der Waals surface area contributed by atoms with Crippen molar-refractivity contribution < 1.29 is 4.79 Å². The van der Waals surface area contributed by atoms with Crippen LogP contribution in [0.4, 0.5) is 0 Å². The van der Waals surface area contributed by atoms with Crippen LogP contribution in [0.1, 0.15) is 23.2 Å². The van der Waals surface area contributed by atoms with E-state index in [1.165, 1.54) is 0 Å². The maximum atomic E-state index is 11.9. The Kier molecular flexibility index (Phi) is 2.92. The molecule has 2 aromatic rings. The topological polar surface area (TPSA) is 17.1 Å². The van der Waals surface area contributed by atoms with Gasteiger partial charge in [-0.1, -0.05) is 54.1 Å². The summed E-state index contributed by atoms with van der Waals surface area (Å²) in [6.45, 7) is 0. The van der Waals surface area contributed by atoms with Crippen LogP contribution in [-0.2, 0) is 0 Å². The number of halogens is 1. The molecule has 18 heavy (non-hydrogen) atoms. The minimum Gasteiger partial charge on any atom is -0.294 e. The molecular formula is C16H13ClO. The SMILES string of the molecule is O=C(c1ccc(-c2ccccc2Cl)cc1)C1CC1. The first-order chi connectivity index (χ1) is 8.75. The standard InChI is InChI=1S/C16H13ClO/c17-15-4-2-1-3-14(15)11-5-7-12(8-6-11)16(18)13-9-10-13/h1-8,13H,9-10H2. The largest absolute Gasteiger partial charge is 0.294 e. The van der Waals surface area contributed by atoms with Crippen LogP contribution in [0, 0.1) is 5.92 Å². The molecule has 1 fully saturated rings. The Hall–Kier alpha value is -1.60. The second-order valence-corrected chi connectivity index (χ2v) is 5.10. The van der Waals surface area contributed by atoms with Crippen LogP contribution in [-0.4, -0.2) is 5.78 Å². The fourth-order valence-electron chi connectivity index (χ4n) is 2.09. The molecule has 1 aliphatic rings. The summed E-state index contributed by atoms with van der Waals surface area (Å²) in [5, 5.41) is 0.735. The number of hydrogen-bond donors (Lipinski definition) is 0. The molecule has 0 spiro atoms. The van der Waals surface area contributed by atoms with Gasteiger partial charge in [0.05, 0.1) is 0 Å². The van der Waals surface area contributed by atoms with Crippen LogP contribution in [0.5, 0.6) is 0 Å². The van der Waals surface area contributed by atoms with Gasteiger partial charge in [-0.25, -0.2) is 0 Å². The van der Waals surface area contributed by atoms with Crippen molar-refractivity contribution in [3.8, 4) is 11.1 Å². The smallest absolute Gasteiger partial charge is 0.165 e. The zero-order chi connectivity index (χ0) is 12.5. The molecule has 0 radical (unpaired) electrons. The summed E-state index contributed by atoms with van der Waals surface area (Å²) in [5.41, 5.74) is 2.87. The highest BCUT2D eigenvalue weighted by atomic mass is 35.5. The van der Waals surface area contributed by atoms with Gasteiger partial charge >= 0.3 is 0 Å². The molecule has 0 amide bonds. The normalized spacial score (nSPS) is 14.5. The predicted molar refractivity (Wildman–Crippen MR) is 73.9 cm³/mol. The molecule has 1 nitrogen and oxygen atoms in total. The quantitative estimate of drug-likeness (QED) is 0.734. The summed E-state index contributed by atoms with van der Waals surface area (Å²) in [4.78, 5) is 11.9. The zero-order valence-corrected chi connectivity index (χ0v) is 10.7. The average Bonchev–Trinajstić information content (AvgIpc) is 3.23. The van der Waals surface area contributed by atoms with E-state index in [2.05, 4.69) is 0 Å². The minimum absolute atomic E-state index is 0.274. The van der Waals surface area contributed by atoms with Gasteiger partial charge in [0.15, 0.2) is 5.78 Å². The van der Waals surface area contributed by atoms with Crippen molar-refractivity contribution >= 4 is 17.4 Å². The van der Waals surface area contributed by atoms with Gasteiger partial charge in [0.2, 0.25) is 0 Å². The molecule has 1 aliphatic carbocycles. The number of carbonyl (C=O) groups excluding carboxylic acids is 1. The number of carbonyl (C=O) groups is 1. The van der Waals surface area contributed by atoms with Crippen molar-refractivity contribution in [3.05, 3.63) is 59.1 Å². The van der Waals surface area contributed by atoms with Gasteiger partial charge in [0.1, 0.15) is 0 Å². The van der Waals surface area contributed by atoms with E-state index in [4.69, 9.17) is 11.6 Å². The lowest BCUT2D eigenvalue weighted by atomic mass is 10.0. The molecule has 0 saturated heterocycles. The van der Waals surface area contributed by atoms with Gasteiger partial charge in [0, 0.05) is 22.1 Å². The Morgan fingerprint density at radius 1 is 1.00 bits per heavy atom. The molecular weight excluding hydrogens is 244 g/mol. The fourth-order valence-corrected chi connectivity index (χ4v) is 2.34. The lowest BCUT2D eigenvalue weighted by Crippen LogP contribution is -2.00. The fraction of sp³-hybridized carbons (Fsp3) is 0.188. The van der Waals surface area contributed by atoms with Gasteiger partial charge in [-0.05, 0) is 24.5 Å². The van der Waals surface area contributed by atoms with Crippen molar-refractivity contribution in [1.82, 2.24) is 0 Å². The summed E-state index contributed by atoms with van der Waals surface area (Å²) in [5.74, 6) is 0.553. The molecule has 0 heterocycles. The maximum Gasteiger partial charge on any atom is 0.165 e. The Balaban J connectivity index is 1.91. The average molecular weight is 257 g/mol. The van der Waals surface area contributed by atoms with E-state index in [0.717, 1.165) is 34.6 Å². The van der Waals surface area contributed by atoms with E-state index in [0.29, 0.717) is 0 Å². The monoisotopic (exact) mass is 256 g/mol. The number of benzene rings is 2. The van der Waals surface area contributed by atoms with E-state index < -0.39 is 0 Å². The second-order valence-electron chi connectivity index (χ2n) is 4.70. The zero-order valence-electron chi connectivity index (χ0n) is 9.90. The molecule has 90 valence electrons. The molecule has 0 aliphatic heterocycles. The van der Waals surface area contributed by atoms with E-state index in [1.54, 1.807) is 0 Å². The molecule has 0 aromatic heterocycles. The Morgan fingerprint density at radius 2 is 1.67 bits per heavy atom. The van der Waals surface area contributed by atoms with Gasteiger partial charge in [-0.15, -0.1) is 0 Å². The van der Waals surface area contributed by atoms with E-state index in [1.807, 2.05) is 48.5 Å². The van der Waals surface area contributed by atoms with Crippen LogP contribution >= 0.6 is 11.6 Å². The van der Waals surface area contributed by atoms with E-state index in [9.17, 15) is 4.79 Å². The third kappa shape index (κ3) is 2.19. The van der Waals surface area contributed by atoms with Gasteiger partial charge in [-0.3, -0.25) is 4.79 Å². The lowest BCUT2D eigenvalue weighted by molar-refractivity contribution is 0.0967. The highest BCUT2D eigenvalue weighted by molar-refractivity contribution is 6.33. The molecule has 2 aromatic carbocycles. The van der Waals surface area contributed by atoms with Crippen LogP contribution < -0.4 is 0 Å². The Morgan fingerprint density at radius 3 is 2.28 bits per heavy atom. The van der Waals surface area contributed by atoms with Crippen LogP contribution in [0.15, 0.2) is 48.5 Å². The number of rotatable bonds is 3. The predicted octanol–water partition coefficient (Wildman–Crippen LogP) is 4.60. The second kappa shape index (κ2) is 4.58. The van der Waals surface area contributed by atoms with E-state index >= 15 is 0 Å². The third-order valence-corrected chi connectivity index (χ3v) is 3.63. The first-order valence-electron chi connectivity index (χ1n) is 6.15. The van der Waals surface area contributed by atoms with Crippen molar-refractivity contribution in [2.24, 2.45) is 5.92 Å². The summed E-state index contributed by atoms with van der Waals surface area (Å²) in [6, 6.07) is 15.5. The van der Waals surface area contributed by atoms with Gasteiger partial charge < -0.3 is 0 Å². The number of hydrogen-bond acceptors (Lipinski definition) is 1. The Bertz CT molecular complexity index is 582. The van der Waals surface area contributed by atoms with Crippen LogP contribution in [0.25, 0.3) is 11.1 Å². The molecule has 3 rings (SSSR count). The van der Waals surface area contributed by atoms with Crippen molar-refractivity contribution in [2.75, 3.05) is 0 Å². The van der Waals surface area contributed by atoms with Gasteiger partial charge in [-0.2, -0.15) is 0 Å². The number of ketones is 1. The Labute approximate surface area is 111 Å². The minimum atomic E-state index is 0.274. The lowest BCUT2D eigenvalue weighted by Gasteiger charge is -2.05. The molecule has 1 saturated carbocycles. The highest BCUT2D eigenvalue weighted by Gasteiger charge is 2.30. The summed E-state index contributed by atoms with van der Waals surface area (Å²) in [7, 11) is 0. The highest BCUT2D eigenvalue weighted by Crippen LogP contribution is 2.33. The number of Topliss-reactive ketones (excluding diaryl/α,β-unsaturated/α-hetero) is 1. The summed E-state index contributed by atoms with van der Waals surface area (Å²) >= 11 is 6.15. The van der Waals surface area contributed by atoms with Crippen molar-refractivity contribution in [3.63, 3.8) is 0 Å². The molecule has 0 N–H and O–H groups in total. The molecule has 2 heteroatoms. The molecule has 0 unspecified atom stereocenters. The molecule has 0 bridgehead atoms. The van der Waals surface area contributed by atoms with Crippen LogP contribution in [0.3, 0.4) is 0 Å². The first kappa shape index (κ1) is 11.5. The van der Waals surface area contributed by atoms with Crippen molar-refractivity contribution in [2.45, 2.75) is 12.8 Å². The summed E-state index contributed by atoms with van der Waals surface area (Å²) < 4.78 is 0. The van der Waals surface area contributed by atoms with Gasteiger partial charge in [0.25, 0.3) is 0 Å². The third-order valence-electron chi connectivity index (χ3n) is 3.30. The van der Waals surface area contributed by atoms with E-state index in [-0.39, 0.29) is 11.7 Å². The summed E-state index contributed by atoms with van der Waals surface area (Å²) in [6.07, 6.45) is 2.09. The maximum absolute atomic E-state index is 11.9. The van der Waals surface area contributed by atoms with Crippen molar-refractivity contribution in [1.29, 1.82) is 0 Å². The molecule has 0 atom stereocenters. The first-order valence-corrected chi connectivity index (χ1v) is 6.52. The van der Waals surface area contributed by atoms with Crippen LogP contribution in [0.2, 0.25) is 5.02 Å².